The molecule has 1 N–H and O–H groups in total. The van der Waals surface area contributed by atoms with Crippen molar-refractivity contribution in [2.45, 2.75) is 6.92 Å². The molecule has 1 aromatic rings. The number of hydrogen-bond donors (Lipinski definition) is 1. The fourth-order valence-electron chi connectivity index (χ4n) is 2.73. The number of fused-ring (bicyclic) bond motifs is 1. The summed E-state index contributed by atoms with van der Waals surface area (Å²) < 4.78 is 0. The Labute approximate surface area is 112 Å². The molecule has 0 bridgehead atoms. The van der Waals surface area contributed by atoms with Crippen LogP contribution in [-0.2, 0) is 0 Å². The van der Waals surface area contributed by atoms with Crippen molar-refractivity contribution in [3.63, 3.8) is 0 Å². The van der Waals surface area contributed by atoms with Gasteiger partial charge in [-0.15, -0.1) is 23.7 Å². The fourth-order valence-corrected chi connectivity index (χ4v) is 3.56. The van der Waals surface area contributed by atoms with Crippen LogP contribution in [0.3, 0.4) is 0 Å². The van der Waals surface area contributed by atoms with Gasteiger partial charge in [-0.05, 0) is 30.9 Å². The van der Waals surface area contributed by atoms with Crippen LogP contribution in [0.5, 0.6) is 0 Å². The molecule has 0 saturated carbocycles. The molecule has 2 atom stereocenters. The first-order valence-electron chi connectivity index (χ1n) is 5.80. The number of halogens is 1. The minimum absolute atomic E-state index is 0. The molecule has 3 rings (SSSR count). The van der Waals surface area contributed by atoms with Crippen LogP contribution in [0.25, 0.3) is 0 Å². The van der Waals surface area contributed by atoms with Gasteiger partial charge in [0.25, 0.3) is 5.91 Å². The summed E-state index contributed by atoms with van der Waals surface area (Å²) in [6, 6.07) is 3.98. The van der Waals surface area contributed by atoms with Gasteiger partial charge >= 0.3 is 0 Å². The second-order valence-electron chi connectivity index (χ2n) is 4.80. The largest absolute Gasteiger partial charge is 0.337 e. The summed E-state index contributed by atoms with van der Waals surface area (Å²) in [7, 11) is 0. The maximum atomic E-state index is 12.2. The van der Waals surface area contributed by atoms with E-state index in [1.165, 1.54) is 4.88 Å². The average molecular weight is 273 g/mol. The minimum Gasteiger partial charge on any atom is -0.337 e. The number of amides is 1. The van der Waals surface area contributed by atoms with Gasteiger partial charge in [0.15, 0.2) is 0 Å². The normalized spacial score (nSPS) is 26.8. The number of hydrogen-bond acceptors (Lipinski definition) is 3. The molecule has 0 aromatic carbocycles. The van der Waals surface area contributed by atoms with Crippen molar-refractivity contribution < 1.29 is 4.79 Å². The van der Waals surface area contributed by atoms with Crippen LogP contribution >= 0.6 is 23.7 Å². The molecule has 17 heavy (non-hydrogen) atoms. The van der Waals surface area contributed by atoms with E-state index in [-0.39, 0.29) is 18.3 Å². The van der Waals surface area contributed by atoms with Gasteiger partial charge in [-0.1, -0.05) is 0 Å². The Morgan fingerprint density at radius 2 is 2.00 bits per heavy atom. The molecule has 1 aromatic heterocycles. The maximum absolute atomic E-state index is 12.2. The molecule has 2 saturated heterocycles. The zero-order valence-electron chi connectivity index (χ0n) is 9.81. The summed E-state index contributed by atoms with van der Waals surface area (Å²) in [4.78, 5) is 16.3. The molecule has 0 radical (unpaired) electrons. The Hall–Kier alpha value is -0.580. The van der Waals surface area contributed by atoms with Crippen LogP contribution in [0, 0.1) is 18.8 Å². The second kappa shape index (κ2) is 4.96. The Morgan fingerprint density at radius 1 is 1.35 bits per heavy atom. The summed E-state index contributed by atoms with van der Waals surface area (Å²) >= 11 is 1.60. The molecule has 3 heterocycles. The Kier molecular flexibility index (Phi) is 3.76. The zero-order chi connectivity index (χ0) is 11.1. The molecule has 3 nitrogen and oxygen atoms in total. The molecule has 2 fully saturated rings. The van der Waals surface area contributed by atoms with Gasteiger partial charge in [-0.3, -0.25) is 4.79 Å². The molecule has 1 amide bonds. The van der Waals surface area contributed by atoms with Gasteiger partial charge in [0.2, 0.25) is 0 Å². The third-order valence-electron chi connectivity index (χ3n) is 3.63. The van der Waals surface area contributed by atoms with Crippen LogP contribution < -0.4 is 5.32 Å². The highest BCUT2D eigenvalue weighted by Crippen LogP contribution is 2.28. The molecule has 0 unspecified atom stereocenters. The Morgan fingerprint density at radius 3 is 2.53 bits per heavy atom. The van der Waals surface area contributed by atoms with Crippen LogP contribution in [-0.4, -0.2) is 37.0 Å². The molecular formula is C12H17ClN2OS. The molecule has 94 valence electrons. The van der Waals surface area contributed by atoms with Crippen molar-refractivity contribution in [3.8, 4) is 0 Å². The van der Waals surface area contributed by atoms with E-state index < -0.39 is 0 Å². The first-order valence-corrected chi connectivity index (χ1v) is 6.62. The number of carbonyl (C=O) groups is 1. The SMILES string of the molecule is Cc1ccc(C(=O)N2C[C@H]3CNC[C@H]3C2)s1.Cl. The quantitative estimate of drug-likeness (QED) is 0.845. The lowest BCUT2D eigenvalue weighted by molar-refractivity contribution is 0.0786. The van der Waals surface area contributed by atoms with Gasteiger partial charge in [-0.25, -0.2) is 0 Å². The van der Waals surface area contributed by atoms with E-state index in [4.69, 9.17) is 0 Å². The van der Waals surface area contributed by atoms with Gasteiger partial charge in [0, 0.05) is 31.1 Å². The van der Waals surface area contributed by atoms with Crippen LogP contribution in [0.1, 0.15) is 14.5 Å². The number of rotatable bonds is 1. The highest BCUT2D eigenvalue weighted by Gasteiger charge is 2.38. The number of nitrogens with one attached hydrogen (secondary N) is 1. The van der Waals surface area contributed by atoms with Crippen LogP contribution in [0.4, 0.5) is 0 Å². The first kappa shape index (κ1) is 12.9. The van der Waals surface area contributed by atoms with E-state index in [1.54, 1.807) is 11.3 Å². The summed E-state index contributed by atoms with van der Waals surface area (Å²) in [5.74, 6) is 1.60. The Bertz CT molecular complexity index is 408. The van der Waals surface area contributed by atoms with Crippen molar-refractivity contribution in [3.05, 3.63) is 21.9 Å². The summed E-state index contributed by atoms with van der Waals surface area (Å²) in [5, 5.41) is 3.39. The summed E-state index contributed by atoms with van der Waals surface area (Å²) in [6.07, 6.45) is 0. The summed E-state index contributed by atoms with van der Waals surface area (Å²) in [5.41, 5.74) is 0. The predicted octanol–water partition coefficient (Wildman–Crippen LogP) is 1.77. The summed E-state index contributed by atoms with van der Waals surface area (Å²) in [6.45, 7) is 6.08. The lowest BCUT2D eigenvalue weighted by atomic mass is 10.0. The van der Waals surface area contributed by atoms with Crippen molar-refractivity contribution >= 4 is 29.7 Å². The monoisotopic (exact) mass is 272 g/mol. The Balaban J connectivity index is 0.00000108. The van der Waals surface area contributed by atoms with E-state index in [0.29, 0.717) is 11.8 Å². The van der Waals surface area contributed by atoms with E-state index >= 15 is 0 Å². The molecule has 0 spiro atoms. The van der Waals surface area contributed by atoms with Crippen LogP contribution in [0.2, 0.25) is 0 Å². The standard InChI is InChI=1S/C12H16N2OS.ClH/c1-8-2-3-11(16-8)12(15)14-6-9-4-13-5-10(9)7-14;/h2-3,9-10,13H,4-7H2,1H3;1H/t9-,10+;. The highest BCUT2D eigenvalue weighted by molar-refractivity contribution is 7.13. The number of likely N-dealkylation sites (tertiary alicyclic amines) is 1. The topological polar surface area (TPSA) is 32.3 Å². The second-order valence-corrected chi connectivity index (χ2v) is 6.09. The lowest BCUT2D eigenvalue weighted by Crippen LogP contribution is -2.31. The minimum atomic E-state index is 0. The maximum Gasteiger partial charge on any atom is 0.263 e. The van der Waals surface area contributed by atoms with Crippen LogP contribution in [0.15, 0.2) is 12.1 Å². The zero-order valence-corrected chi connectivity index (χ0v) is 11.4. The molecule has 2 aliphatic heterocycles. The number of nitrogens with zero attached hydrogens (tertiary/aromatic N) is 1. The number of aryl methyl sites for hydroxylation is 1. The molecule has 2 aliphatic rings. The molecule has 0 aliphatic carbocycles. The van der Waals surface area contributed by atoms with E-state index in [1.807, 2.05) is 24.0 Å². The molecule has 5 heteroatoms. The third-order valence-corrected chi connectivity index (χ3v) is 4.62. The predicted molar refractivity (Wildman–Crippen MR) is 72.1 cm³/mol. The fraction of sp³-hybridized carbons (Fsp3) is 0.583. The van der Waals surface area contributed by atoms with Gasteiger partial charge in [0.05, 0.1) is 4.88 Å². The smallest absolute Gasteiger partial charge is 0.263 e. The van der Waals surface area contributed by atoms with E-state index in [2.05, 4.69) is 5.32 Å². The van der Waals surface area contributed by atoms with Gasteiger partial charge in [-0.2, -0.15) is 0 Å². The van der Waals surface area contributed by atoms with Crippen molar-refractivity contribution in [2.75, 3.05) is 26.2 Å². The van der Waals surface area contributed by atoms with Crippen molar-refractivity contribution in [1.82, 2.24) is 10.2 Å². The van der Waals surface area contributed by atoms with Crippen molar-refractivity contribution in [1.29, 1.82) is 0 Å². The average Bonchev–Trinajstić information content (AvgIpc) is 2.89. The van der Waals surface area contributed by atoms with E-state index in [0.717, 1.165) is 31.1 Å². The third kappa shape index (κ3) is 2.34. The van der Waals surface area contributed by atoms with Gasteiger partial charge < -0.3 is 10.2 Å². The lowest BCUT2D eigenvalue weighted by Gasteiger charge is -2.16. The number of thiophene rings is 1. The first-order chi connectivity index (χ1) is 7.74. The van der Waals surface area contributed by atoms with Gasteiger partial charge in [0.1, 0.15) is 0 Å². The van der Waals surface area contributed by atoms with Crippen molar-refractivity contribution in [2.24, 2.45) is 11.8 Å². The molecular weight excluding hydrogens is 256 g/mol. The number of carbonyl (C=O) groups excluding carboxylic acids is 1. The highest BCUT2D eigenvalue weighted by atomic mass is 35.5. The van der Waals surface area contributed by atoms with E-state index in [9.17, 15) is 4.79 Å².